The van der Waals surface area contributed by atoms with E-state index >= 15 is 0 Å². The van der Waals surface area contributed by atoms with Gasteiger partial charge in [0, 0.05) is 11.4 Å². The van der Waals surface area contributed by atoms with Crippen LogP contribution in [0.15, 0.2) is 81.9 Å². The minimum atomic E-state index is -0.333. The summed E-state index contributed by atoms with van der Waals surface area (Å²) in [6.07, 6.45) is 9.25. The Morgan fingerprint density at radius 1 is 1.10 bits per heavy atom. The first-order valence-electron chi connectivity index (χ1n) is 10.4. The van der Waals surface area contributed by atoms with Crippen molar-refractivity contribution in [3.63, 3.8) is 0 Å². The smallest absolute Gasteiger partial charge is 0.237 e. The third-order valence-electron chi connectivity index (χ3n) is 5.29. The van der Waals surface area contributed by atoms with E-state index < -0.39 is 0 Å². The maximum absolute atomic E-state index is 12.8. The summed E-state index contributed by atoms with van der Waals surface area (Å²) in [5.41, 5.74) is 4.15. The summed E-state index contributed by atoms with van der Waals surface area (Å²) < 4.78 is 7.19. The van der Waals surface area contributed by atoms with Gasteiger partial charge in [-0.3, -0.25) is 9.36 Å². The Balaban J connectivity index is 1.53. The Bertz CT molecular complexity index is 1100. The number of nitrogens with zero attached hydrogens (tertiary/aromatic N) is 3. The number of allylic oxidation sites excluding steroid dienone is 4. The zero-order valence-electron chi connectivity index (χ0n) is 17.9. The average Bonchev–Trinajstić information content (AvgIpc) is 3.44. The Labute approximate surface area is 186 Å². The summed E-state index contributed by atoms with van der Waals surface area (Å²) in [6.45, 7) is 6.28. The van der Waals surface area contributed by atoms with Gasteiger partial charge in [0.05, 0.1) is 17.1 Å². The molecule has 6 nitrogen and oxygen atoms in total. The maximum Gasteiger partial charge on any atom is 0.237 e. The molecule has 3 aromatic rings. The van der Waals surface area contributed by atoms with Crippen LogP contribution in [0.5, 0.6) is 0 Å². The molecule has 160 valence electrons. The summed E-state index contributed by atoms with van der Waals surface area (Å²) in [7, 11) is 0. The number of nitrogens with one attached hydrogen (secondary N) is 1. The first-order valence-corrected chi connectivity index (χ1v) is 11.3. The van der Waals surface area contributed by atoms with Crippen molar-refractivity contribution in [2.75, 3.05) is 0 Å². The second-order valence-electron chi connectivity index (χ2n) is 7.83. The van der Waals surface area contributed by atoms with E-state index in [0.29, 0.717) is 16.9 Å². The molecule has 1 N–H and O–H groups in total. The monoisotopic (exact) mass is 434 g/mol. The van der Waals surface area contributed by atoms with Crippen LogP contribution < -0.4 is 5.32 Å². The predicted molar refractivity (Wildman–Crippen MR) is 123 cm³/mol. The fraction of sp³-hybridized carbons (Fsp3) is 0.292. The van der Waals surface area contributed by atoms with Gasteiger partial charge in [0.1, 0.15) is 6.26 Å². The third kappa shape index (κ3) is 4.82. The lowest BCUT2D eigenvalue weighted by molar-refractivity contribution is -0.119. The molecule has 1 amide bonds. The number of amides is 1. The van der Waals surface area contributed by atoms with Crippen molar-refractivity contribution in [2.24, 2.45) is 5.92 Å². The molecular weight excluding hydrogens is 408 g/mol. The van der Waals surface area contributed by atoms with Crippen LogP contribution >= 0.6 is 11.8 Å². The van der Waals surface area contributed by atoms with Gasteiger partial charge in [0.25, 0.3) is 0 Å². The molecule has 0 unspecified atom stereocenters. The van der Waals surface area contributed by atoms with Gasteiger partial charge in [0.2, 0.25) is 5.91 Å². The molecule has 0 bridgehead atoms. The predicted octanol–water partition coefficient (Wildman–Crippen LogP) is 5.38. The summed E-state index contributed by atoms with van der Waals surface area (Å²) >= 11 is 1.39. The normalized spacial score (nSPS) is 14.8. The SMILES string of the molecule is CC(C)C1=CC=C(NC(=O)[C@@H](C)Sc2nnc(-c3ccoc3)n2-c2ccccc2)CC1. The molecule has 2 heterocycles. The van der Waals surface area contributed by atoms with E-state index in [1.807, 2.05) is 54.0 Å². The van der Waals surface area contributed by atoms with Crippen molar-refractivity contribution in [1.29, 1.82) is 0 Å². The zero-order chi connectivity index (χ0) is 21.8. The molecule has 0 radical (unpaired) electrons. The second-order valence-corrected chi connectivity index (χ2v) is 9.13. The fourth-order valence-corrected chi connectivity index (χ4v) is 4.31. The molecule has 7 heteroatoms. The lowest BCUT2D eigenvalue weighted by atomic mass is 9.93. The minimum Gasteiger partial charge on any atom is -0.472 e. The highest BCUT2D eigenvalue weighted by Crippen LogP contribution is 2.30. The molecule has 1 atom stereocenters. The van der Waals surface area contributed by atoms with E-state index in [1.54, 1.807) is 12.5 Å². The highest BCUT2D eigenvalue weighted by Gasteiger charge is 2.23. The first-order chi connectivity index (χ1) is 15.0. The summed E-state index contributed by atoms with van der Waals surface area (Å²) in [5, 5.41) is 12.1. The number of aromatic nitrogens is 3. The lowest BCUT2D eigenvalue weighted by Crippen LogP contribution is -2.31. The highest BCUT2D eigenvalue weighted by atomic mass is 32.2. The van der Waals surface area contributed by atoms with Gasteiger partial charge in [-0.05, 0) is 50.0 Å². The van der Waals surface area contributed by atoms with Gasteiger partial charge < -0.3 is 9.73 Å². The Morgan fingerprint density at radius 2 is 1.90 bits per heavy atom. The van der Waals surface area contributed by atoms with Gasteiger partial charge in [-0.15, -0.1) is 10.2 Å². The van der Waals surface area contributed by atoms with Gasteiger partial charge in [-0.2, -0.15) is 0 Å². The minimum absolute atomic E-state index is 0.0369. The van der Waals surface area contributed by atoms with Crippen LogP contribution in [0.3, 0.4) is 0 Å². The van der Waals surface area contributed by atoms with Crippen LogP contribution in [0, 0.1) is 5.92 Å². The molecule has 31 heavy (non-hydrogen) atoms. The average molecular weight is 435 g/mol. The van der Waals surface area contributed by atoms with E-state index in [0.717, 1.165) is 29.8 Å². The standard InChI is InChI=1S/C24H26N4O2S/c1-16(2)18-9-11-20(12-10-18)25-23(29)17(3)31-24-27-26-22(19-13-14-30-15-19)28(24)21-7-5-4-6-8-21/h4-9,11,13-17H,10,12H2,1-3H3,(H,25,29)/t17-/m1/s1. The van der Waals surface area contributed by atoms with E-state index in [-0.39, 0.29) is 11.2 Å². The highest BCUT2D eigenvalue weighted by molar-refractivity contribution is 8.00. The quantitative estimate of drug-likeness (QED) is 0.505. The van der Waals surface area contributed by atoms with Gasteiger partial charge >= 0.3 is 0 Å². The Kier molecular flexibility index (Phi) is 6.42. The molecule has 0 spiro atoms. The molecule has 0 fully saturated rings. The molecule has 1 aromatic carbocycles. The van der Waals surface area contributed by atoms with Crippen molar-refractivity contribution in [3.8, 4) is 17.1 Å². The van der Waals surface area contributed by atoms with Crippen LogP contribution in [-0.4, -0.2) is 25.9 Å². The molecular formula is C24H26N4O2S. The van der Waals surface area contributed by atoms with Crippen LogP contribution in [0.25, 0.3) is 17.1 Å². The van der Waals surface area contributed by atoms with Gasteiger partial charge in [-0.25, -0.2) is 0 Å². The van der Waals surface area contributed by atoms with Crippen LogP contribution in [0.1, 0.15) is 33.6 Å². The molecule has 1 aliphatic rings. The summed E-state index contributed by atoms with van der Waals surface area (Å²) in [4.78, 5) is 12.8. The van der Waals surface area contributed by atoms with Crippen molar-refractivity contribution in [1.82, 2.24) is 20.1 Å². The number of rotatable bonds is 7. The lowest BCUT2D eigenvalue weighted by Gasteiger charge is -2.19. The molecule has 0 aliphatic heterocycles. The number of benzene rings is 1. The number of furan rings is 1. The second kappa shape index (κ2) is 9.39. The first kappa shape index (κ1) is 21.2. The number of carbonyl (C=O) groups excluding carboxylic acids is 1. The zero-order valence-corrected chi connectivity index (χ0v) is 18.7. The van der Waals surface area contributed by atoms with E-state index in [9.17, 15) is 4.79 Å². The summed E-state index contributed by atoms with van der Waals surface area (Å²) in [6, 6.07) is 11.7. The topological polar surface area (TPSA) is 73.0 Å². The molecule has 0 saturated heterocycles. The van der Waals surface area contributed by atoms with Crippen LogP contribution in [0.4, 0.5) is 0 Å². The van der Waals surface area contributed by atoms with Crippen molar-refractivity contribution in [2.45, 2.75) is 44.0 Å². The van der Waals surface area contributed by atoms with Crippen molar-refractivity contribution in [3.05, 3.63) is 72.3 Å². The molecule has 4 rings (SSSR count). The van der Waals surface area contributed by atoms with E-state index in [4.69, 9.17) is 4.42 Å². The van der Waals surface area contributed by atoms with Crippen molar-refractivity contribution < 1.29 is 9.21 Å². The largest absolute Gasteiger partial charge is 0.472 e. The number of carbonyl (C=O) groups is 1. The Hall–Kier alpha value is -3.06. The van der Waals surface area contributed by atoms with E-state index in [2.05, 4.69) is 35.4 Å². The van der Waals surface area contributed by atoms with Gasteiger partial charge in [-0.1, -0.05) is 55.5 Å². The molecule has 1 aliphatic carbocycles. The van der Waals surface area contributed by atoms with Crippen LogP contribution in [-0.2, 0) is 4.79 Å². The number of hydrogen-bond donors (Lipinski definition) is 1. The van der Waals surface area contributed by atoms with Crippen molar-refractivity contribution >= 4 is 17.7 Å². The number of para-hydroxylation sites is 1. The summed E-state index contributed by atoms with van der Waals surface area (Å²) in [5.74, 6) is 1.18. The third-order valence-corrected chi connectivity index (χ3v) is 6.33. The maximum atomic E-state index is 12.8. The van der Waals surface area contributed by atoms with E-state index in [1.165, 1.54) is 17.3 Å². The molecule has 0 saturated carbocycles. The van der Waals surface area contributed by atoms with Gasteiger partial charge in [0.15, 0.2) is 11.0 Å². The number of hydrogen-bond acceptors (Lipinski definition) is 5. The molecule has 2 aromatic heterocycles. The van der Waals surface area contributed by atoms with Crippen LogP contribution in [0.2, 0.25) is 0 Å². The number of thioether (sulfide) groups is 1. The fourth-order valence-electron chi connectivity index (χ4n) is 3.44. The Morgan fingerprint density at radius 3 is 2.55 bits per heavy atom.